The van der Waals surface area contributed by atoms with Crippen LogP contribution in [0.4, 0.5) is 5.82 Å². The van der Waals surface area contributed by atoms with Crippen molar-refractivity contribution < 1.29 is 4.79 Å². The maximum absolute atomic E-state index is 12.7. The van der Waals surface area contributed by atoms with Crippen LogP contribution in [0.15, 0.2) is 24.4 Å². The van der Waals surface area contributed by atoms with Gasteiger partial charge in [0.2, 0.25) is 0 Å². The lowest BCUT2D eigenvalue weighted by Gasteiger charge is -2.35. The van der Waals surface area contributed by atoms with Gasteiger partial charge in [0, 0.05) is 12.7 Å². The number of carbonyl (C=O) groups excluding carboxylic acids is 1. The van der Waals surface area contributed by atoms with Crippen LogP contribution in [0.5, 0.6) is 0 Å². The maximum atomic E-state index is 12.7. The van der Waals surface area contributed by atoms with Gasteiger partial charge in [-0.2, -0.15) is 5.10 Å². The van der Waals surface area contributed by atoms with Gasteiger partial charge >= 0.3 is 0 Å². The zero-order valence-electron chi connectivity index (χ0n) is 11.4. The van der Waals surface area contributed by atoms with E-state index < -0.39 is 0 Å². The van der Waals surface area contributed by atoms with Gasteiger partial charge in [0.25, 0.3) is 5.91 Å². The quantitative estimate of drug-likeness (QED) is 0.892. The average molecular weight is 306 g/mol. The van der Waals surface area contributed by atoms with Crippen molar-refractivity contribution in [2.75, 3.05) is 12.3 Å². The molecule has 3 heterocycles. The highest BCUT2D eigenvalue weighted by molar-refractivity contribution is 6.35. The molecule has 2 aromatic heterocycles. The van der Waals surface area contributed by atoms with E-state index in [2.05, 4.69) is 15.2 Å². The largest absolute Gasteiger partial charge is 0.381 e. The molecule has 1 saturated heterocycles. The number of hydrogen-bond acceptors (Lipinski definition) is 4. The number of amides is 1. The van der Waals surface area contributed by atoms with Crippen molar-refractivity contribution in [3.63, 3.8) is 0 Å². The Morgan fingerprint density at radius 2 is 2.29 bits per heavy atom. The molecule has 1 aliphatic rings. The molecule has 0 saturated carbocycles. The van der Waals surface area contributed by atoms with Crippen LogP contribution < -0.4 is 5.73 Å². The molecule has 6 nitrogen and oxygen atoms in total. The number of rotatable bonds is 2. The summed E-state index contributed by atoms with van der Waals surface area (Å²) in [6.45, 7) is 0.676. The summed E-state index contributed by atoms with van der Waals surface area (Å²) in [7, 11) is 0. The van der Waals surface area contributed by atoms with Gasteiger partial charge in [-0.1, -0.05) is 17.7 Å². The molecule has 3 N–H and O–H groups in total. The minimum Gasteiger partial charge on any atom is -0.381 e. The number of H-pyrrole nitrogens is 1. The molecule has 2 aromatic rings. The summed E-state index contributed by atoms with van der Waals surface area (Å²) in [5.41, 5.74) is 6.74. The fourth-order valence-electron chi connectivity index (χ4n) is 2.68. The molecule has 0 aromatic carbocycles. The van der Waals surface area contributed by atoms with E-state index in [0.717, 1.165) is 25.0 Å². The number of likely N-dealkylation sites (tertiary alicyclic amines) is 1. The van der Waals surface area contributed by atoms with Crippen molar-refractivity contribution in [1.29, 1.82) is 0 Å². The third kappa shape index (κ3) is 2.58. The number of nitrogens with two attached hydrogens (primary N) is 1. The van der Waals surface area contributed by atoms with Gasteiger partial charge in [0.1, 0.15) is 10.7 Å². The number of piperidine rings is 1. The Morgan fingerprint density at radius 3 is 2.95 bits per heavy atom. The van der Waals surface area contributed by atoms with E-state index in [0.29, 0.717) is 6.54 Å². The van der Waals surface area contributed by atoms with Crippen LogP contribution >= 0.6 is 11.6 Å². The van der Waals surface area contributed by atoms with Crippen LogP contribution in [0.25, 0.3) is 0 Å². The number of pyridine rings is 1. The van der Waals surface area contributed by atoms with Crippen molar-refractivity contribution >= 4 is 23.3 Å². The molecule has 0 spiro atoms. The van der Waals surface area contributed by atoms with Crippen LogP contribution in [-0.2, 0) is 0 Å². The number of aromatic nitrogens is 3. The van der Waals surface area contributed by atoms with Crippen molar-refractivity contribution in [3.05, 3.63) is 40.8 Å². The van der Waals surface area contributed by atoms with Crippen LogP contribution in [-0.4, -0.2) is 32.5 Å². The third-order valence-corrected chi connectivity index (χ3v) is 4.12. The lowest BCUT2D eigenvalue weighted by Crippen LogP contribution is -2.39. The first kappa shape index (κ1) is 13.9. The van der Waals surface area contributed by atoms with Crippen LogP contribution in [0.1, 0.15) is 41.5 Å². The minimum absolute atomic E-state index is 0.0342. The number of nitrogens with zero attached hydrogens (tertiary/aromatic N) is 3. The SMILES string of the molecule is Nc1n[nH]c(C(=O)N2CCCC[C@H]2c2ccccn2)c1Cl. The number of aromatic amines is 1. The molecular formula is C14H16ClN5O. The predicted molar refractivity (Wildman–Crippen MR) is 79.9 cm³/mol. The molecule has 0 radical (unpaired) electrons. The Bertz CT molecular complexity index is 642. The summed E-state index contributed by atoms with van der Waals surface area (Å²) in [6.07, 6.45) is 4.68. The first-order chi connectivity index (χ1) is 10.2. The number of hydrogen-bond donors (Lipinski definition) is 2. The van der Waals surface area contributed by atoms with E-state index in [4.69, 9.17) is 17.3 Å². The number of anilines is 1. The van der Waals surface area contributed by atoms with Crippen molar-refractivity contribution in [2.24, 2.45) is 0 Å². The molecular weight excluding hydrogens is 290 g/mol. The minimum atomic E-state index is -0.181. The highest BCUT2D eigenvalue weighted by Crippen LogP contribution is 2.32. The fourth-order valence-corrected chi connectivity index (χ4v) is 2.85. The van der Waals surface area contributed by atoms with Crippen molar-refractivity contribution in [2.45, 2.75) is 25.3 Å². The Labute approximate surface area is 127 Å². The van der Waals surface area contributed by atoms with Crippen LogP contribution in [0.2, 0.25) is 5.02 Å². The summed E-state index contributed by atoms with van der Waals surface area (Å²) in [4.78, 5) is 18.9. The summed E-state index contributed by atoms with van der Waals surface area (Å²) < 4.78 is 0. The Morgan fingerprint density at radius 1 is 1.43 bits per heavy atom. The molecule has 21 heavy (non-hydrogen) atoms. The highest BCUT2D eigenvalue weighted by Gasteiger charge is 2.31. The molecule has 3 rings (SSSR count). The first-order valence-corrected chi connectivity index (χ1v) is 7.27. The topological polar surface area (TPSA) is 87.9 Å². The molecule has 1 aliphatic heterocycles. The first-order valence-electron chi connectivity index (χ1n) is 6.89. The van der Waals surface area contributed by atoms with Gasteiger partial charge in [-0.25, -0.2) is 0 Å². The molecule has 0 bridgehead atoms. The lowest BCUT2D eigenvalue weighted by molar-refractivity contribution is 0.0600. The number of nitrogens with one attached hydrogen (secondary N) is 1. The maximum Gasteiger partial charge on any atom is 0.274 e. The standard InChI is InChI=1S/C14H16ClN5O/c15-11-12(18-19-13(11)16)14(21)20-8-4-2-6-10(20)9-5-1-3-7-17-9/h1,3,5,7,10H,2,4,6,8H2,(H3,16,18,19)/t10-/m0/s1. The van der Waals surface area contributed by atoms with Gasteiger partial charge in [-0.3, -0.25) is 14.9 Å². The smallest absolute Gasteiger partial charge is 0.274 e. The van der Waals surface area contributed by atoms with E-state index in [1.165, 1.54) is 0 Å². The van der Waals surface area contributed by atoms with Gasteiger partial charge < -0.3 is 10.6 Å². The van der Waals surface area contributed by atoms with E-state index in [1.54, 1.807) is 11.1 Å². The molecule has 0 aliphatic carbocycles. The van der Waals surface area contributed by atoms with Gasteiger partial charge in [0.05, 0.1) is 11.7 Å². The summed E-state index contributed by atoms with van der Waals surface area (Å²) in [5, 5.41) is 6.60. The predicted octanol–water partition coefficient (Wildman–Crippen LogP) is 2.41. The normalized spacial score (nSPS) is 18.7. The van der Waals surface area contributed by atoms with Gasteiger partial charge in [0.15, 0.2) is 5.82 Å². The second-order valence-corrected chi connectivity index (χ2v) is 5.44. The monoisotopic (exact) mass is 305 g/mol. The van der Waals surface area contributed by atoms with Gasteiger partial charge in [-0.05, 0) is 31.4 Å². The zero-order chi connectivity index (χ0) is 14.8. The van der Waals surface area contributed by atoms with Crippen molar-refractivity contribution in [3.8, 4) is 0 Å². The second-order valence-electron chi connectivity index (χ2n) is 5.06. The van der Waals surface area contributed by atoms with Crippen LogP contribution in [0.3, 0.4) is 0 Å². The third-order valence-electron chi connectivity index (χ3n) is 3.74. The summed E-state index contributed by atoms with van der Waals surface area (Å²) in [6, 6.07) is 5.71. The van der Waals surface area contributed by atoms with E-state index in [1.807, 2.05) is 18.2 Å². The van der Waals surface area contributed by atoms with E-state index >= 15 is 0 Å². The second kappa shape index (κ2) is 5.73. The Kier molecular flexibility index (Phi) is 3.79. The Hall–Kier alpha value is -2.08. The number of nitrogen functional groups attached to an aromatic ring is 1. The summed E-state index contributed by atoms with van der Waals surface area (Å²) in [5.74, 6) is -0.0361. The molecule has 7 heteroatoms. The lowest BCUT2D eigenvalue weighted by atomic mass is 9.98. The number of halogens is 1. The molecule has 0 unspecified atom stereocenters. The summed E-state index contributed by atoms with van der Waals surface area (Å²) >= 11 is 6.03. The van der Waals surface area contributed by atoms with Crippen LogP contribution in [0, 0.1) is 0 Å². The Balaban J connectivity index is 1.91. The molecule has 1 atom stereocenters. The van der Waals surface area contributed by atoms with E-state index in [-0.39, 0.29) is 28.5 Å². The number of carbonyl (C=O) groups is 1. The van der Waals surface area contributed by atoms with Gasteiger partial charge in [-0.15, -0.1) is 0 Å². The van der Waals surface area contributed by atoms with E-state index in [9.17, 15) is 4.79 Å². The average Bonchev–Trinajstić information content (AvgIpc) is 2.87. The molecule has 1 amide bonds. The molecule has 110 valence electrons. The fraction of sp³-hybridized carbons (Fsp3) is 0.357. The molecule has 1 fully saturated rings. The highest BCUT2D eigenvalue weighted by atomic mass is 35.5. The van der Waals surface area contributed by atoms with Crippen molar-refractivity contribution in [1.82, 2.24) is 20.1 Å². The zero-order valence-corrected chi connectivity index (χ0v) is 12.2.